The lowest BCUT2D eigenvalue weighted by Gasteiger charge is -1.97. The van der Waals surface area contributed by atoms with Crippen molar-refractivity contribution in [1.29, 1.82) is 0 Å². The van der Waals surface area contributed by atoms with Crippen molar-refractivity contribution < 1.29 is 4.79 Å². The normalized spacial score (nSPS) is 10.5. The molecule has 0 unspecified atom stereocenters. The van der Waals surface area contributed by atoms with E-state index in [4.69, 9.17) is 5.73 Å². The molecule has 0 aliphatic rings. The number of aromatic nitrogens is 1. The third-order valence-electron chi connectivity index (χ3n) is 1.70. The van der Waals surface area contributed by atoms with Crippen molar-refractivity contribution in [2.24, 2.45) is 5.73 Å². The predicted molar refractivity (Wildman–Crippen MR) is 55.8 cm³/mol. The minimum atomic E-state index is -0.415. The number of halogens is 1. The second kappa shape index (κ2) is 3.08. The molecule has 2 aromatic rings. The van der Waals surface area contributed by atoms with Crippen LogP contribution in [0.4, 0.5) is 0 Å². The van der Waals surface area contributed by atoms with Crippen LogP contribution in [0.1, 0.15) is 10.4 Å². The van der Waals surface area contributed by atoms with Gasteiger partial charge in [-0.05, 0) is 28.1 Å². The molecule has 3 nitrogen and oxygen atoms in total. The monoisotopic (exact) mass is 256 g/mol. The SMILES string of the molecule is NC(=O)c1ccc(Br)c2ncsc12. The van der Waals surface area contributed by atoms with Crippen molar-refractivity contribution in [3.8, 4) is 0 Å². The number of nitrogens with zero attached hydrogens (tertiary/aromatic N) is 1. The summed E-state index contributed by atoms with van der Waals surface area (Å²) in [5, 5.41) is 0. The van der Waals surface area contributed by atoms with Crippen LogP contribution >= 0.6 is 27.3 Å². The van der Waals surface area contributed by atoms with Crippen molar-refractivity contribution in [1.82, 2.24) is 4.98 Å². The van der Waals surface area contributed by atoms with Crippen molar-refractivity contribution >= 4 is 43.4 Å². The molecule has 13 heavy (non-hydrogen) atoms. The van der Waals surface area contributed by atoms with E-state index in [1.165, 1.54) is 11.3 Å². The third kappa shape index (κ3) is 1.34. The molecule has 2 rings (SSSR count). The number of benzene rings is 1. The van der Waals surface area contributed by atoms with E-state index in [9.17, 15) is 4.79 Å². The van der Waals surface area contributed by atoms with E-state index in [2.05, 4.69) is 20.9 Å². The van der Waals surface area contributed by atoms with E-state index < -0.39 is 5.91 Å². The van der Waals surface area contributed by atoms with Gasteiger partial charge in [-0.3, -0.25) is 4.79 Å². The van der Waals surface area contributed by atoms with Gasteiger partial charge in [0.05, 0.1) is 21.3 Å². The molecule has 0 atom stereocenters. The van der Waals surface area contributed by atoms with Crippen molar-refractivity contribution in [3.05, 3.63) is 27.7 Å². The van der Waals surface area contributed by atoms with Crippen LogP contribution in [0.15, 0.2) is 22.1 Å². The van der Waals surface area contributed by atoms with Crippen LogP contribution in [-0.4, -0.2) is 10.9 Å². The third-order valence-corrected chi connectivity index (χ3v) is 3.20. The number of carbonyl (C=O) groups is 1. The Morgan fingerprint density at radius 3 is 3.00 bits per heavy atom. The Hall–Kier alpha value is -0.940. The van der Waals surface area contributed by atoms with E-state index in [1.54, 1.807) is 17.6 Å². The minimum absolute atomic E-state index is 0.415. The lowest BCUT2D eigenvalue weighted by Crippen LogP contribution is -2.10. The number of rotatable bonds is 1. The largest absolute Gasteiger partial charge is 0.366 e. The molecule has 0 bridgehead atoms. The minimum Gasteiger partial charge on any atom is -0.366 e. The van der Waals surface area contributed by atoms with Gasteiger partial charge in [-0.25, -0.2) is 4.98 Å². The molecule has 1 amide bonds. The Bertz CT molecular complexity index is 480. The van der Waals surface area contributed by atoms with Crippen LogP contribution < -0.4 is 5.73 Å². The van der Waals surface area contributed by atoms with Gasteiger partial charge in [-0.2, -0.15) is 0 Å². The van der Waals surface area contributed by atoms with Crippen LogP contribution in [0.5, 0.6) is 0 Å². The number of amides is 1. The predicted octanol–water partition coefficient (Wildman–Crippen LogP) is 2.16. The summed E-state index contributed by atoms with van der Waals surface area (Å²) in [6, 6.07) is 3.48. The van der Waals surface area contributed by atoms with Gasteiger partial charge in [-0.1, -0.05) is 0 Å². The van der Waals surface area contributed by atoms with Crippen LogP contribution in [0, 0.1) is 0 Å². The molecule has 0 fully saturated rings. The molecule has 1 aromatic carbocycles. The van der Waals surface area contributed by atoms with Crippen LogP contribution in [0.2, 0.25) is 0 Å². The number of carbonyl (C=O) groups excluding carboxylic acids is 1. The molecule has 0 aliphatic heterocycles. The first-order chi connectivity index (χ1) is 6.20. The fourth-order valence-electron chi connectivity index (χ4n) is 1.11. The van der Waals surface area contributed by atoms with Gasteiger partial charge in [0.2, 0.25) is 5.91 Å². The Morgan fingerprint density at radius 1 is 1.54 bits per heavy atom. The lowest BCUT2D eigenvalue weighted by molar-refractivity contribution is 0.100. The number of nitrogens with two attached hydrogens (primary N) is 1. The van der Waals surface area contributed by atoms with Crippen molar-refractivity contribution in [2.45, 2.75) is 0 Å². The summed E-state index contributed by atoms with van der Waals surface area (Å²) in [6.45, 7) is 0. The van der Waals surface area contributed by atoms with E-state index in [-0.39, 0.29) is 0 Å². The zero-order valence-electron chi connectivity index (χ0n) is 6.45. The number of primary amides is 1. The molecule has 66 valence electrons. The summed E-state index contributed by atoms with van der Waals surface area (Å²) in [6.07, 6.45) is 0. The summed E-state index contributed by atoms with van der Waals surface area (Å²) in [4.78, 5) is 15.1. The first kappa shape index (κ1) is 8.65. The van der Waals surface area contributed by atoms with E-state index in [1.807, 2.05) is 0 Å². The second-order valence-corrected chi connectivity index (χ2v) is 4.20. The molecule has 2 N–H and O–H groups in total. The standard InChI is InChI=1S/C8H5BrN2OS/c9-5-2-1-4(8(10)12)7-6(5)11-3-13-7/h1-3H,(H2,10,12). The Kier molecular flexibility index (Phi) is 2.05. The quantitative estimate of drug-likeness (QED) is 0.851. The lowest BCUT2D eigenvalue weighted by atomic mass is 10.2. The van der Waals surface area contributed by atoms with Crippen LogP contribution in [-0.2, 0) is 0 Å². The molecular weight excluding hydrogens is 252 g/mol. The molecule has 0 radical (unpaired) electrons. The summed E-state index contributed by atoms with van der Waals surface area (Å²) in [7, 11) is 0. The van der Waals surface area contributed by atoms with Gasteiger partial charge >= 0.3 is 0 Å². The van der Waals surface area contributed by atoms with Gasteiger partial charge in [0.15, 0.2) is 0 Å². The average molecular weight is 257 g/mol. The Labute approximate surface area is 86.7 Å². The highest BCUT2D eigenvalue weighted by molar-refractivity contribution is 9.10. The highest BCUT2D eigenvalue weighted by Gasteiger charge is 2.10. The molecule has 0 saturated heterocycles. The molecular formula is C8H5BrN2OS. The zero-order chi connectivity index (χ0) is 9.42. The number of fused-ring (bicyclic) bond motifs is 1. The van der Waals surface area contributed by atoms with Gasteiger partial charge in [0.1, 0.15) is 0 Å². The second-order valence-electron chi connectivity index (χ2n) is 2.49. The van der Waals surface area contributed by atoms with Gasteiger partial charge < -0.3 is 5.73 Å². The summed E-state index contributed by atoms with van der Waals surface area (Å²) < 4.78 is 1.72. The summed E-state index contributed by atoms with van der Waals surface area (Å²) >= 11 is 4.77. The maximum atomic E-state index is 11.0. The van der Waals surface area contributed by atoms with E-state index in [0.29, 0.717) is 5.56 Å². The molecule has 1 heterocycles. The fourth-order valence-corrected chi connectivity index (χ4v) is 2.51. The number of hydrogen-bond acceptors (Lipinski definition) is 3. The summed E-state index contributed by atoms with van der Waals surface area (Å²) in [5.41, 5.74) is 8.23. The van der Waals surface area contributed by atoms with Crippen molar-refractivity contribution in [2.75, 3.05) is 0 Å². The van der Waals surface area contributed by atoms with E-state index >= 15 is 0 Å². The fraction of sp³-hybridized carbons (Fsp3) is 0. The molecule has 5 heteroatoms. The zero-order valence-corrected chi connectivity index (χ0v) is 8.85. The molecule has 1 aromatic heterocycles. The summed E-state index contributed by atoms with van der Waals surface area (Å²) in [5.74, 6) is -0.415. The topological polar surface area (TPSA) is 56.0 Å². The highest BCUT2D eigenvalue weighted by Crippen LogP contribution is 2.28. The first-order valence-electron chi connectivity index (χ1n) is 3.51. The van der Waals surface area contributed by atoms with Crippen molar-refractivity contribution in [3.63, 3.8) is 0 Å². The van der Waals surface area contributed by atoms with Crippen LogP contribution in [0.3, 0.4) is 0 Å². The first-order valence-corrected chi connectivity index (χ1v) is 5.19. The Balaban J connectivity index is 2.86. The maximum absolute atomic E-state index is 11.0. The maximum Gasteiger partial charge on any atom is 0.250 e. The highest BCUT2D eigenvalue weighted by atomic mass is 79.9. The average Bonchev–Trinajstić information content (AvgIpc) is 2.53. The number of hydrogen-bond donors (Lipinski definition) is 1. The van der Waals surface area contributed by atoms with Gasteiger partial charge in [-0.15, -0.1) is 11.3 Å². The molecule has 0 saturated carbocycles. The van der Waals surface area contributed by atoms with E-state index in [0.717, 1.165) is 14.7 Å². The Morgan fingerprint density at radius 2 is 2.31 bits per heavy atom. The smallest absolute Gasteiger partial charge is 0.250 e. The van der Waals surface area contributed by atoms with Gasteiger partial charge in [0.25, 0.3) is 0 Å². The number of thiazole rings is 1. The molecule has 0 aliphatic carbocycles. The van der Waals surface area contributed by atoms with Crippen LogP contribution in [0.25, 0.3) is 10.2 Å². The molecule has 0 spiro atoms. The van der Waals surface area contributed by atoms with Gasteiger partial charge in [0, 0.05) is 4.47 Å².